The molecule has 0 spiro atoms. The van der Waals surface area contributed by atoms with Crippen LogP contribution in [0.4, 0.5) is 0 Å². The summed E-state index contributed by atoms with van der Waals surface area (Å²) >= 11 is 0. The molecule has 0 aromatic carbocycles. The second-order valence-corrected chi connectivity index (χ2v) is 5.86. The number of likely N-dealkylation sites (N-methyl/N-ethyl adjacent to an activating group) is 1. The molecular formula is C13H28N2O. The summed E-state index contributed by atoms with van der Waals surface area (Å²) < 4.78 is 0. The second-order valence-electron chi connectivity index (χ2n) is 5.86. The highest BCUT2D eigenvalue weighted by molar-refractivity contribution is 5.85. The van der Waals surface area contributed by atoms with Crippen LogP contribution in [-0.4, -0.2) is 24.5 Å². The molecular weight excluding hydrogens is 200 g/mol. The lowest BCUT2D eigenvalue weighted by atomic mass is 9.90. The average Bonchev–Trinajstić information content (AvgIpc) is 2.15. The molecule has 0 aromatic rings. The smallest absolute Gasteiger partial charge is 0.240 e. The van der Waals surface area contributed by atoms with E-state index in [2.05, 4.69) is 38.3 Å². The van der Waals surface area contributed by atoms with Gasteiger partial charge in [0.25, 0.3) is 0 Å². The van der Waals surface area contributed by atoms with E-state index in [4.69, 9.17) is 0 Å². The van der Waals surface area contributed by atoms with Crippen LogP contribution < -0.4 is 10.6 Å². The van der Waals surface area contributed by atoms with Crippen molar-refractivity contribution < 1.29 is 4.79 Å². The van der Waals surface area contributed by atoms with Gasteiger partial charge in [0.05, 0.1) is 5.54 Å². The first kappa shape index (κ1) is 15.4. The highest BCUT2D eigenvalue weighted by Gasteiger charge is 2.32. The molecule has 3 heteroatoms. The predicted molar refractivity (Wildman–Crippen MR) is 69.5 cm³/mol. The lowest BCUT2D eigenvalue weighted by molar-refractivity contribution is -0.127. The number of carbonyl (C=O) groups excluding carboxylic acids is 1. The molecule has 0 saturated carbocycles. The molecule has 0 heterocycles. The zero-order chi connectivity index (χ0) is 12.8. The number of carbonyl (C=O) groups is 1. The van der Waals surface area contributed by atoms with E-state index in [0.29, 0.717) is 6.54 Å². The molecule has 0 aliphatic heterocycles. The maximum Gasteiger partial charge on any atom is 0.240 e. The minimum absolute atomic E-state index is 0.112. The predicted octanol–water partition coefficient (Wildman–Crippen LogP) is 2.32. The van der Waals surface area contributed by atoms with Crippen LogP contribution in [0.25, 0.3) is 0 Å². The van der Waals surface area contributed by atoms with Gasteiger partial charge in [0.1, 0.15) is 0 Å². The molecule has 0 bridgehead atoms. The van der Waals surface area contributed by atoms with Crippen LogP contribution in [0.3, 0.4) is 0 Å². The van der Waals surface area contributed by atoms with Crippen molar-refractivity contribution in [3.63, 3.8) is 0 Å². The quantitative estimate of drug-likeness (QED) is 0.732. The average molecular weight is 228 g/mol. The van der Waals surface area contributed by atoms with Gasteiger partial charge in [-0.15, -0.1) is 0 Å². The zero-order valence-electron chi connectivity index (χ0n) is 11.7. The van der Waals surface area contributed by atoms with E-state index < -0.39 is 5.54 Å². The van der Waals surface area contributed by atoms with Gasteiger partial charge in [-0.25, -0.2) is 0 Å². The van der Waals surface area contributed by atoms with E-state index in [1.807, 2.05) is 13.8 Å². The number of hydrogen-bond acceptors (Lipinski definition) is 2. The van der Waals surface area contributed by atoms with Gasteiger partial charge in [-0.05, 0) is 25.7 Å². The summed E-state index contributed by atoms with van der Waals surface area (Å²) in [5.41, 5.74) is -0.237. The van der Waals surface area contributed by atoms with Gasteiger partial charge in [0, 0.05) is 13.1 Å². The van der Waals surface area contributed by atoms with Crippen molar-refractivity contribution in [2.24, 2.45) is 5.41 Å². The van der Waals surface area contributed by atoms with Gasteiger partial charge in [-0.1, -0.05) is 34.1 Å². The maximum absolute atomic E-state index is 12.0. The van der Waals surface area contributed by atoms with E-state index in [0.717, 1.165) is 19.4 Å². The first-order chi connectivity index (χ1) is 7.25. The Labute approximate surface area is 100 Å². The van der Waals surface area contributed by atoms with Crippen molar-refractivity contribution in [2.45, 2.75) is 59.9 Å². The summed E-state index contributed by atoms with van der Waals surface area (Å²) in [5, 5.41) is 6.32. The standard InChI is InChI=1S/C13H28N2O/c1-7-9-13(6,11(16)14-8-2)15-10-12(3,4)5/h15H,7-10H2,1-6H3,(H,14,16). The van der Waals surface area contributed by atoms with Crippen LogP contribution >= 0.6 is 0 Å². The zero-order valence-corrected chi connectivity index (χ0v) is 11.7. The highest BCUT2D eigenvalue weighted by atomic mass is 16.2. The number of amides is 1. The van der Waals surface area contributed by atoms with Crippen molar-refractivity contribution in [1.29, 1.82) is 0 Å². The summed E-state index contributed by atoms with van der Waals surface area (Å²) in [6.45, 7) is 14.1. The minimum atomic E-state index is -0.433. The van der Waals surface area contributed by atoms with E-state index in [-0.39, 0.29) is 11.3 Å². The summed E-state index contributed by atoms with van der Waals surface area (Å²) in [5.74, 6) is 0.112. The Bertz CT molecular complexity index is 220. The molecule has 1 amide bonds. The molecule has 0 fully saturated rings. The minimum Gasteiger partial charge on any atom is -0.355 e. The number of nitrogens with one attached hydrogen (secondary N) is 2. The van der Waals surface area contributed by atoms with Crippen LogP contribution in [0, 0.1) is 5.41 Å². The lowest BCUT2D eigenvalue weighted by Crippen LogP contribution is -2.56. The Morgan fingerprint density at radius 3 is 2.06 bits per heavy atom. The fourth-order valence-corrected chi connectivity index (χ4v) is 1.60. The Kier molecular flexibility index (Phi) is 6.01. The molecule has 1 atom stereocenters. The van der Waals surface area contributed by atoms with Crippen LogP contribution in [0.2, 0.25) is 0 Å². The van der Waals surface area contributed by atoms with Gasteiger partial charge in [0.2, 0.25) is 5.91 Å². The van der Waals surface area contributed by atoms with Crippen molar-refractivity contribution in [3.8, 4) is 0 Å². The van der Waals surface area contributed by atoms with Crippen molar-refractivity contribution >= 4 is 5.91 Å². The van der Waals surface area contributed by atoms with E-state index in [1.165, 1.54) is 0 Å². The van der Waals surface area contributed by atoms with Gasteiger partial charge in [-0.2, -0.15) is 0 Å². The molecule has 0 saturated heterocycles. The van der Waals surface area contributed by atoms with Crippen molar-refractivity contribution in [3.05, 3.63) is 0 Å². The van der Waals surface area contributed by atoms with Gasteiger partial charge in [-0.3, -0.25) is 4.79 Å². The summed E-state index contributed by atoms with van der Waals surface area (Å²) in [4.78, 5) is 12.0. The summed E-state index contributed by atoms with van der Waals surface area (Å²) in [6.07, 6.45) is 1.87. The van der Waals surface area contributed by atoms with E-state index >= 15 is 0 Å². The van der Waals surface area contributed by atoms with Gasteiger partial charge >= 0.3 is 0 Å². The molecule has 2 N–H and O–H groups in total. The fraction of sp³-hybridized carbons (Fsp3) is 0.923. The first-order valence-electron chi connectivity index (χ1n) is 6.28. The fourth-order valence-electron chi connectivity index (χ4n) is 1.60. The third kappa shape index (κ3) is 5.50. The monoisotopic (exact) mass is 228 g/mol. The van der Waals surface area contributed by atoms with Crippen molar-refractivity contribution in [1.82, 2.24) is 10.6 Å². The molecule has 0 aromatic heterocycles. The van der Waals surface area contributed by atoms with Crippen LogP contribution in [0.1, 0.15) is 54.4 Å². The SMILES string of the molecule is CCCC(C)(NCC(C)(C)C)C(=O)NCC. The second kappa shape index (κ2) is 6.24. The number of rotatable bonds is 6. The number of hydrogen-bond donors (Lipinski definition) is 2. The topological polar surface area (TPSA) is 41.1 Å². The summed E-state index contributed by atoms with van der Waals surface area (Å²) in [6, 6.07) is 0. The van der Waals surface area contributed by atoms with E-state index in [9.17, 15) is 4.79 Å². The molecule has 96 valence electrons. The largest absolute Gasteiger partial charge is 0.355 e. The van der Waals surface area contributed by atoms with Crippen LogP contribution in [0.5, 0.6) is 0 Å². The maximum atomic E-state index is 12.0. The Balaban J connectivity index is 4.50. The van der Waals surface area contributed by atoms with Crippen LogP contribution in [0.15, 0.2) is 0 Å². The normalized spacial score (nSPS) is 15.6. The Morgan fingerprint density at radius 1 is 1.12 bits per heavy atom. The Morgan fingerprint density at radius 2 is 1.69 bits per heavy atom. The lowest BCUT2D eigenvalue weighted by Gasteiger charge is -2.32. The molecule has 1 unspecified atom stereocenters. The molecule has 0 radical (unpaired) electrons. The third-order valence-corrected chi connectivity index (χ3v) is 2.60. The molecule has 16 heavy (non-hydrogen) atoms. The van der Waals surface area contributed by atoms with Crippen molar-refractivity contribution in [2.75, 3.05) is 13.1 Å². The molecule has 3 nitrogen and oxygen atoms in total. The third-order valence-electron chi connectivity index (χ3n) is 2.60. The van der Waals surface area contributed by atoms with Gasteiger partial charge < -0.3 is 10.6 Å². The molecule has 0 rings (SSSR count). The highest BCUT2D eigenvalue weighted by Crippen LogP contribution is 2.17. The first-order valence-corrected chi connectivity index (χ1v) is 6.28. The Hall–Kier alpha value is -0.570. The molecule has 0 aliphatic rings. The van der Waals surface area contributed by atoms with Crippen LogP contribution in [-0.2, 0) is 4.79 Å². The van der Waals surface area contributed by atoms with E-state index in [1.54, 1.807) is 0 Å². The summed E-state index contributed by atoms with van der Waals surface area (Å²) in [7, 11) is 0. The molecule has 0 aliphatic carbocycles. The van der Waals surface area contributed by atoms with Gasteiger partial charge in [0.15, 0.2) is 0 Å².